The molecule has 0 atom stereocenters. The van der Waals surface area contributed by atoms with Crippen LogP contribution in [0.4, 0.5) is 5.13 Å². The van der Waals surface area contributed by atoms with Gasteiger partial charge in [0, 0.05) is 30.0 Å². The van der Waals surface area contributed by atoms with Crippen molar-refractivity contribution in [2.45, 2.75) is 45.2 Å². The molecule has 1 aliphatic rings. The molecule has 5 nitrogen and oxygen atoms in total. The fraction of sp³-hybridized carbons (Fsp3) is 0.438. The fourth-order valence-corrected chi connectivity index (χ4v) is 3.23. The van der Waals surface area contributed by atoms with Crippen molar-refractivity contribution in [1.29, 1.82) is 0 Å². The van der Waals surface area contributed by atoms with Crippen LogP contribution in [0, 0.1) is 0 Å². The Hall–Kier alpha value is -1.95. The maximum absolute atomic E-state index is 4.56. The van der Waals surface area contributed by atoms with Gasteiger partial charge in [-0.05, 0) is 44.4 Å². The van der Waals surface area contributed by atoms with Gasteiger partial charge in [-0.1, -0.05) is 6.07 Å². The second kappa shape index (κ2) is 5.35. The summed E-state index contributed by atoms with van der Waals surface area (Å²) in [4.78, 5) is 9.02. The maximum atomic E-state index is 4.56. The molecule has 1 saturated carbocycles. The zero-order chi connectivity index (χ0) is 15.1. The van der Waals surface area contributed by atoms with Crippen molar-refractivity contribution in [2.75, 3.05) is 5.32 Å². The van der Waals surface area contributed by atoms with Crippen LogP contribution in [0.25, 0.3) is 11.0 Å². The molecule has 1 N–H and O–H groups in total. The van der Waals surface area contributed by atoms with E-state index >= 15 is 0 Å². The number of benzene rings is 1. The van der Waals surface area contributed by atoms with Gasteiger partial charge in [-0.2, -0.15) is 4.37 Å². The summed E-state index contributed by atoms with van der Waals surface area (Å²) in [5.74, 6) is 1.63. The molecule has 0 bridgehead atoms. The first kappa shape index (κ1) is 13.7. The minimum absolute atomic E-state index is 0.414. The van der Waals surface area contributed by atoms with Crippen molar-refractivity contribution >= 4 is 27.7 Å². The van der Waals surface area contributed by atoms with Crippen LogP contribution in [-0.4, -0.2) is 18.9 Å². The van der Waals surface area contributed by atoms with Gasteiger partial charge in [0.2, 0.25) is 5.13 Å². The lowest BCUT2D eigenvalue weighted by Crippen LogP contribution is -2.01. The van der Waals surface area contributed by atoms with E-state index in [0.717, 1.165) is 23.0 Å². The van der Waals surface area contributed by atoms with Gasteiger partial charge in [0.05, 0.1) is 17.4 Å². The first-order valence-corrected chi connectivity index (χ1v) is 8.51. The summed E-state index contributed by atoms with van der Waals surface area (Å²) in [5, 5.41) is 4.30. The minimum Gasteiger partial charge on any atom is -0.356 e. The first-order chi connectivity index (χ1) is 10.7. The number of imidazole rings is 1. The molecule has 0 amide bonds. The van der Waals surface area contributed by atoms with Gasteiger partial charge in [0.25, 0.3) is 0 Å². The van der Waals surface area contributed by atoms with Crippen LogP contribution in [0.15, 0.2) is 24.5 Å². The van der Waals surface area contributed by atoms with Crippen molar-refractivity contribution in [1.82, 2.24) is 18.9 Å². The molecule has 0 aliphatic heterocycles. The standard InChI is InChI=1S/C16H19N5S/c1-10(2)21-9-18-13-6-3-11(7-14(13)21)8-17-16-19-15(20-22-16)12-4-5-12/h3,6-7,9-10,12H,4-5,8H2,1-2H3,(H,17,19,20). The molecule has 1 aliphatic carbocycles. The van der Waals surface area contributed by atoms with Crippen molar-refractivity contribution in [3.63, 3.8) is 0 Å². The molecule has 0 saturated heterocycles. The lowest BCUT2D eigenvalue weighted by atomic mass is 10.2. The van der Waals surface area contributed by atoms with Gasteiger partial charge in [-0.25, -0.2) is 9.97 Å². The van der Waals surface area contributed by atoms with Gasteiger partial charge in [-0.15, -0.1) is 0 Å². The third kappa shape index (κ3) is 2.59. The summed E-state index contributed by atoms with van der Waals surface area (Å²) in [6, 6.07) is 6.83. The number of hydrogen-bond donors (Lipinski definition) is 1. The predicted octanol–water partition coefficient (Wildman–Crippen LogP) is 3.96. The third-order valence-electron chi connectivity index (χ3n) is 4.02. The monoisotopic (exact) mass is 313 g/mol. The third-order valence-corrected chi connectivity index (χ3v) is 4.71. The number of nitrogens with one attached hydrogen (secondary N) is 1. The molecular weight excluding hydrogens is 294 g/mol. The topological polar surface area (TPSA) is 55.6 Å². The summed E-state index contributed by atoms with van der Waals surface area (Å²) in [5.41, 5.74) is 3.47. The number of nitrogens with zero attached hydrogens (tertiary/aromatic N) is 4. The molecule has 1 fully saturated rings. The van der Waals surface area contributed by atoms with Crippen LogP contribution in [-0.2, 0) is 6.54 Å². The van der Waals surface area contributed by atoms with Crippen LogP contribution in [0.2, 0.25) is 0 Å². The molecule has 0 radical (unpaired) electrons. The highest BCUT2D eigenvalue weighted by molar-refractivity contribution is 7.09. The van der Waals surface area contributed by atoms with E-state index in [1.54, 1.807) is 0 Å². The number of rotatable bonds is 5. The number of anilines is 1. The lowest BCUT2D eigenvalue weighted by Gasteiger charge is -2.09. The van der Waals surface area contributed by atoms with Crippen molar-refractivity contribution in [3.05, 3.63) is 35.9 Å². The Morgan fingerprint density at radius 1 is 1.36 bits per heavy atom. The molecule has 6 heteroatoms. The average Bonchev–Trinajstić information content (AvgIpc) is 3.10. The average molecular weight is 313 g/mol. The Labute approximate surface area is 133 Å². The molecule has 22 heavy (non-hydrogen) atoms. The van der Waals surface area contributed by atoms with Crippen molar-refractivity contribution in [2.24, 2.45) is 0 Å². The van der Waals surface area contributed by atoms with Gasteiger partial charge in [0.15, 0.2) is 0 Å². The molecule has 4 rings (SSSR count). The highest BCUT2D eigenvalue weighted by atomic mass is 32.1. The van der Waals surface area contributed by atoms with Crippen LogP contribution in [0.5, 0.6) is 0 Å². The van der Waals surface area contributed by atoms with Crippen LogP contribution >= 0.6 is 11.5 Å². The van der Waals surface area contributed by atoms with E-state index in [2.05, 4.69) is 56.3 Å². The van der Waals surface area contributed by atoms with Crippen molar-refractivity contribution in [3.8, 4) is 0 Å². The van der Waals surface area contributed by atoms with E-state index in [4.69, 9.17) is 0 Å². The van der Waals surface area contributed by atoms with Gasteiger partial charge >= 0.3 is 0 Å². The van der Waals surface area contributed by atoms with E-state index in [1.807, 2.05) is 6.33 Å². The predicted molar refractivity (Wildman–Crippen MR) is 89.3 cm³/mol. The second-order valence-corrected chi connectivity index (χ2v) is 6.91. The van der Waals surface area contributed by atoms with Crippen LogP contribution in [0.1, 0.15) is 50.0 Å². The summed E-state index contributed by atoms with van der Waals surface area (Å²) in [6.45, 7) is 5.11. The molecule has 3 aromatic rings. The molecule has 2 aromatic heterocycles. The summed E-state index contributed by atoms with van der Waals surface area (Å²) < 4.78 is 6.63. The molecule has 114 valence electrons. The molecule has 2 heterocycles. The normalized spacial score (nSPS) is 14.9. The molecular formula is C16H19N5S. The van der Waals surface area contributed by atoms with E-state index in [9.17, 15) is 0 Å². The minimum atomic E-state index is 0.414. The van der Waals surface area contributed by atoms with E-state index in [1.165, 1.54) is 35.5 Å². The smallest absolute Gasteiger partial charge is 0.202 e. The Kier molecular flexibility index (Phi) is 3.33. The lowest BCUT2D eigenvalue weighted by molar-refractivity contribution is 0.617. The van der Waals surface area contributed by atoms with Gasteiger partial charge in [0.1, 0.15) is 5.82 Å². The molecule has 1 aromatic carbocycles. The zero-order valence-corrected chi connectivity index (χ0v) is 13.6. The van der Waals surface area contributed by atoms with E-state index in [0.29, 0.717) is 12.0 Å². The highest BCUT2D eigenvalue weighted by Crippen LogP contribution is 2.39. The zero-order valence-electron chi connectivity index (χ0n) is 12.8. The Morgan fingerprint density at radius 2 is 2.23 bits per heavy atom. The summed E-state index contributed by atoms with van der Waals surface area (Å²) in [7, 11) is 0. The van der Waals surface area contributed by atoms with E-state index in [-0.39, 0.29) is 0 Å². The number of hydrogen-bond acceptors (Lipinski definition) is 5. The Bertz CT molecular complexity index is 800. The summed E-state index contributed by atoms with van der Waals surface area (Å²) >= 11 is 1.46. The SMILES string of the molecule is CC(C)n1cnc2ccc(CNc3nc(C4CC4)ns3)cc21. The van der Waals surface area contributed by atoms with Gasteiger partial charge in [-0.3, -0.25) is 0 Å². The number of fused-ring (bicyclic) bond motifs is 1. The van der Waals surface area contributed by atoms with Crippen LogP contribution < -0.4 is 5.32 Å². The fourth-order valence-electron chi connectivity index (χ4n) is 2.58. The van der Waals surface area contributed by atoms with Crippen molar-refractivity contribution < 1.29 is 0 Å². The number of aromatic nitrogens is 4. The van der Waals surface area contributed by atoms with E-state index < -0.39 is 0 Å². The Balaban J connectivity index is 1.51. The highest BCUT2D eigenvalue weighted by Gasteiger charge is 2.27. The second-order valence-electron chi connectivity index (χ2n) is 6.15. The molecule has 0 unspecified atom stereocenters. The first-order valence-electron chi connectivity index (χ1n) is 7.73. The largest absolute Gasteiger partial charge is 0.356 e. The maximum Gasteiger partial charge on any atom is 0.202 e. The Morgan fingerprint density at radius 3 is 3.00 bits per heavy atom. The van der Waals surface area contributed by atoms with Crippen LogP contribution in [0.3, 0.4) is 0 Å². The quantitative estimate of drug-likeness (QED) is 0.774. The molecule has 0 spiro atoms. The summed E-state index contributed by atoms with van der Waals surface area (Å²) in [6.07, 6.45) is 4.40. The van der Waals surface area contributed by atoms with Gasteiger partial charge < -0.3 is 9.88 Å².